The molecule has 0 fully saturated rings. The second-order valence-corrected chi connectivity index (χ2v) is 2.39. The number of nitrogens with zero attached hydrogens (tertiary/aromatic N) is 2. The Bertz CT molecular complexity index is 56.4. The molecule has 0 aliphatic rings. The van der Waals surface area contributed by atoms with Crippen LogP contribution in [0.2, 0.25) is 0 Å². The zero-order valence-electron chi connectivity index (χ0n) is 6.31. The van der Waals surface area contributed by atoms with Crippen molar-refractivity contribution in [3.05, 3.63) is 0 Å². The van der Waals surface area contributed by atoms with Crippen LogP contribution in [-0.2, 0) is 0 Å². The molecule has 48 valence electrons. The highest BCUT2D eigenvalue weighted by atomic mass is 15.3. The lowest BCUT2D eigenvalue weighted by Crippen LogP contribution is -2.30. The summed E-state index contributed by atoms with van der Waals surface area (Å²) in [4.78, 5) is 4.41. The predicted octanol–water partition coefficient (Wildman–Crippen LogP) is -0.972. The summed E-state index contributed by atoms with van der Waals surface area (Å²) < 4.78 is 0. The Balaban J connectivity index is 3.10. The normalized spacial score (nSPS) is 11.1. The second kappa shape index (κ2) is 3.92. The van der Waals surface area contributed by atoms with E-state index in [1.807, 2.05) is 0 Å². The Kier molecular flexibility index (Phi) is 3.92. The van der Waals surface area contributed by atoms with E-state index >= 15 is 0 Å². The summed E-state index contributed by atoms with van der Waals surface area (Å²) in [5, 5.41) is 0. The van der Waals surface area contributed by atoms with Crippen LogP contribution in [-0.4, -0.2) is 51.9 Å². The SMILES string of the molecule is BCN(C)CN(C)C. The molecule has 2 nitrogen and oxygen atoms in total. The fourth-order valence-electron chi connectivity index (χ4n) is 0.583. The first kappa shape index (κ1) is 7.98. The molecule has 8 heavy (non-hydrogen) atoms. The van der Waals surface area contributed by atoms with Crippen molar-refractivity contribution in [3.63, 3.8) is 0 Å². The third-order valence-corrected chi connectivity index (χ3v) is 1.06. The Morgan fingerprint density at radius 3 is 1.88 bits per heavy atom. The first-order valence-electron chi connectivity index (χ1n) is 3.00. The molecular formula is C5H15BN2. The number of hydrogen-bond donors (Lipinski definition) is 0. The Labute approximate surface area is 52.9 Å². The highest BCUT2D eigenvalue weighted by Crippen LogP contribution is 1.78. The predicted molar refractivity (Wildman–Crippen MR) is 39.7 cm³/mol. The Morgan fingerprint density at radius 1 is 1.25 bits per heavy atom. The summed E-state index contributed by atoms with van der Waals surface area (Å²) in [6.45, 7) is 1.05. The van der Waals surface area contributed by atoms with Crippen LogP contribution in [0.15, 0.2) is 0 Å². The van der Waals surface area contributed by atoms with Crippen molar-refractivity contribution in [2.24, 2.45) is 0 Å². The summed E-state index contributed by atoms with van der Waals surface area (Å²) in [6.07, 6.45) is 1.12. The zero-order valence-corrected chi connectivity index (χ0v) is 6.31. The Hall–Kier alpha value is -0.0151. The molecule has 0 atom stereocenters. The van der Waals surface area contributed by atoms with Gasteiger partial charge in [-0.1, -0.05) is 0 Å². The summed E-state index contributed by atoms with van der Waals surface area (Å²) in [5.74, 6) is 0. The van der Waals surface area contributed by atoms with Gasteiger partial charge in [0.15, 0.2) is 0 Å². The molecule has 0 aliphatic carbocycles. The minimum atomic E-state index is 1.05. The minimum Gasteiger partial charge on any atom is -0.302 e. The van der Waals surface area contributed by atoms with E-state index in [0.717, 1.165) is 13.1 Å². The van der Waals surface area contributed by atoms with E-state index in [-0.39, 0.29) is 0 Å². The molecule has 0 saturated carbocycles. The van der Waals surface area contributed by atoms with Gasteiger partial charge in [0, 0.05) is 6.67 Å². The summed E-state index contributed by atoms with van der Waals surface area (Å²) in [7, 11) is 8.42. The molecule has 0 aromatic rings. The van der Waals surface area contributed by atoms with Crippen molar-refractivity contribution in [1.29, 1.82) is 0 Å². The maximum absolute atomic E-state index is 2.25. The van der Waals surface area contributed by atoms with E-state index in [0.29, 0.717) is 0 Å². The molecule has 0 aliphatic heterocycles. The molecule has 0 saturated heterocycles. The molecule has 0 spiro atoms. The van der Waals surface area contributed by atoms with Gasteiger partial charge in [0.25, 0.3) is 0 Å². The first-order chi connectivity index (χ1) is 3.66. The fraction of sp³-hybridized carbons (Fsp3) is 1.00. The van der Waals surface area contributed by atoms with Crippen LogP contribution in [0.4, 0.5) is 0 Å². The molecule has 0 heterocycles. The van der Waals surface area contributed by atoms with Gasteiger partial charge in [0.2, 0.25) is 0 Å². The van der Waals surface area contributed by atoms with Crippen LogP contribution in [0, 0.1) is 0 Å². The van der Waals surface area contributed by atoms with Crippen LogP contribution in [0.25, 0.3) is 0 Å². The van der Waals surface area contributed by atoms with Gasteiger partial charge in [0.05, 0.1) is 0 Å². The lowest BCUT2D eigenvalue weighted by Gasteiger charge is -2.18. The maximum atomic E-state index is 2.25. The van der Waals surface area contributed by atoms with Gasteiger partial charge in [-0.05, 0) is 27.6 Å². The monoisotopic (exact) mass is 114 g/mol. The highest BCUT2D eigenvalue weighted by molar-refractivity contribution is 6.08. The fourth-order valence-corrected chi connectivity index (χ4v) is 0.583. The van der Waals surface area contributed by atoms with Gasteiger partial charge in [0.1, 0.15) is 7.85 Å². The van der Waals surface area contributed by atoms with E-state index in [2.05, 4.69) is 38.8 Å². The van der Waals surface area contributed by atoms with Crippen LogP contribution in [0.3, 0.4) is 0 Å². The van der Waals surface area contributed by atoms with Crippen molar-refractivity contribution in [2.75, 3.05) is 34.3 Å². The van der Waals surface area contributed by atoms with Gasteiger partial charge in [-0.15, -0.1) is 0 Å². The van der Waals surface area contributed by atoms with Crippen LogP contribution in [0.5, 0.6) is 0 Å². The van der Waals surface area contributed by atoms with Gasteiger partial charge < -0.3 is 4.90 Å². The average Bonchev–Trinajstić information content (AvgIpc) is 1.65. The largest absolute Gasteiger partial charge is 0.302 e. The Morgan fingerprint density at radius 2 is 1.75 bits per heavy atom. The smallest absolute Gasteiger partial charge is 0.119 e. The molecule has 0 N–H and O–H groups in total. The quantitative estimate of drug-likeness (QED) is 0.344. The van der Waals surface area contributed by atoms with Crippen molar-refractivity contribution in [1.82, 2.24) is 9.80 Å². The zero-order chi connectivity index (χ0) is 6.57. The van der Waals surface area contributed by atoms with Crippen molar-refractivity contribution in [2.45, 2.75) is 0 Å². The van der Waals surface area contributed by atoms with E-state index in [1.54, 1.807) is 0 Å². The van der Waals surface area contributed by atoms with Crippen LogP contribution in [0.1, 0.15) is 0 Å². The summed E-state index contributed by atoms with van der Waals surface area (Å²) >= 11 is 0. The van der Waals surface area contributed by atoms with E-state index in [1.165, 1.54) is 0 Å². The lowest BCUT2D eigenvalue weighted by atomic mass is 10.1. The summed E-state index contributed by atoms with van der Waals surface area (Å²) in [5.41, 5.74) is 0. The standard InChI is InChI=1S/C5H15BN2/c1-7(2)5-8(3)4-6/h4-6H2,1-3H3. The molecule has 0 aromatic heterocycles. The molecule has 0 bridgehead atoms. The highest BCUT2D eigenvalue weighted by Gasteiger charge is 1.92. The molecule has 0 aromatic carbocycles. The summed E-state index contributed by atoms with van der Waals surface area (Å²) in [6, 6.07) is 0. The third kappa shape index (κ3) is 4.15. The molecular weight excluding hydrogens is 98.9 g/mol. The van der Waals surface area contributed by atoms with Crippen LogP contribution >= 0.6 is 0 Å². The third-order valence-electron chi connectivity index (χ3n) is 1.06. The molecule has 3 heteroatoms. The molecule has 0 unspecified atom stereocenters. The van der Waals surface area contributed by atoms with E-state index < -0.39 is 0 Å². The van der Waals surface area contributed by atoms with Gasteiger partial charge in [-0.2, -0.15) is 0 Å². The van der Waals surface area contributed by atoms with Gasteiger partial charge in [-0.3, -0.25) is 4.90 Å². The van der Waals surface area contributed by atoms with Crippen molar-refractivity contribution >= 4 is 7.85 Å². The topological polar surface area (TPSA) is 6.48 Å². The van der Waals surface area contributed by atoms with Crippen molar-refractivity contribution in [3.8, 4) is 0 Å². The average molecular weight is 114 g/mol. The molecule has 0 rings (SSSR count). The first-order valence-corrected chi connectivity index (χ1v) is 3.00. The lowest BCUT2D eigenvalue weighted by molar-refractivity contribution is 0.236. The van der Waals surface area contributed by atoms with Crippen LogP contribution < -0.4 is 0 Å². The van der Waals surface area contributed by atoms with E-state index in [9.17, 15) is 0 Å². The minimum absolute atomic E-state index is 1.05. The van der Waals surface area contributed by atoms with Gasteiger partial charge in [-0.25, -0.2) is 0 Å². The molecule has 0 radical (unpaired) electrons. The second-order valence-electron chi connectivity index (χ2n) is 2.39. The number of hydrogen-bond acceptors (Lipinski definition) is 2. The molecule has 0 amide bonds. The van der Waals surface area contributed by atoms with E-state index in [4.69, 9.17) is 0 Å². The van der Waals surface area contributed by atoms with Gasteiger partial charge >= 0.3 is 0 Å². The van der Waals surface area contributed by atoms with Crippen molar-refractivity contribution < 1.29 is 0 Å². The maximum Gasteiger partial charge on any atom is 0.119 e. The number of rotatable bonds is 3.